The highest BCUT2D eigenvalue weighted by atomic mass is 32.2. The summed E-state index contributed by atoms with van der Waals surface area (Å²) in [7, 11) is -4.05. The number of hydrogen-bond acceptors (Lipinski definition) is 7. The molecule has 4 aromatic rings. The minimum absolute atomic E-state index is 0.00198. The Balaban J connectivity index is 1.73. The normalized spacial score (nSPS) is 14.9. The van der Waals surface area contributed by atoms with Crippen molar-refractivity contribution in [1.82, 2.24) is 4.68 Å². The molecule has 0 spiro atoms. The number of anilines is 1. The van der Waals surface area contributed by atoms with Crippen molar-refractivity contribution >= 4 is 49.3 Å². The van der Waals surface area contributed by atoms with Gasteiger partial charge >= 0.3 is 0 Å². The first-order valence-corrected chi connectivity index (χ1v) is 11.4. The Labute approximate surface area is 180 Å². The molecule has 0 atom stereocenters. The van der Waals surface area contributed by atoms with Gasteiger partial charge in [0.05, 0.1) is 22.1 Å². The Morgan fingerprint density at radius 2 is 1.81 bits per heavy atom. The molecule has 0 amide bonds. The average Bonchev–Trinajstić information content (AvgIpc) is 3.24. The Hall–Kier alpha value is -3.76. The lowest BCUT2D eigenvalue weighted by molar-refractivity contribution is 0.479. The van der Waals surface area contributed by atoms with Gasteiger partial charge in [0.15, 0.2) is 11.6 Å². The quantitative estimate of drug-likeness (QED) is 0.466. The number of benzene rings is 2. The number of hydrogen-bond donors (Lipinski definition) is 2. The van der Waals surface area contributed by atoms with Crippen LogP contribution in [0, 0.1) is 0 Å². The molecule has 1 aliphatic heterocycles. The summed E-state index contributed by atoms with van der Waals surface area (Å²) in [6.07, 6.45) is 1.52. The van der Waals surface area contributed by atoms with Crippen LogP contribution in [0.1, 0.15) is 11.1 Å². The van der Waals surface area contributed by atoms with Gasteiger partial charge < -0.3 is 10.4 Å². The molecule has 0 saturated heterocycles. The van der Waals surface area contributed by atoms with Gasteiger partial charge in [0.1, 0.15) is 10.5 Å². The molecule has 3 heterocycles. The fraction of sp³-hybridized carbons (Fsp3) is 0. The van der Waals surface area contributed by atoms with E-state index in [0.717, 1.165) is 10.2 Å². The molecule has 154 valence electrons. The van der Waals surface area contributed by atoms with Crippen LogP contribution < -0.4 is 10.9 Å². The molecule has 0 radical (unpaired) electrons. The highest BCUT2D eigenvalue weighted by molar-refractivity contribution is 7.90. The summed E-state index contributed by atoms with van der Waals surface area (Å²) in [5, 5.41) is 19.7. The van der Waals surface area contributed by atoms with Gasteiger partial charge in [-0.3, -0.25) is 4.79 Å². The molecule has 0 fully saturated rings. The number of amidine groups is 1. The van der Waals surface area contributed by atoms with Crippen LogP contribution in [-0.4, -0.2) is 30.3 Å². The smallest absolute Gasteiger partial charge is 0.286 e. The summed E-state index contributed by atoms with van der Waals surface area (Å²) < 4.78 is 30.6. The van der Waals surface area contributed by atoms with Crippen molar-refractivity contribution in [3.63, 3.8) is 0 Å². The molecule has 31 heavy (non-hydrogen) atoms. The van der Waals surface area contributed by atoms with Crippen molar-refractivity contribution in [1.29, 1.82) is 0 Å². The molecule has 1 aliphatic rings. The number of para-hydroxylation sites is 1. The monoisotopic (exact) mass is 450 g/mol. The molecule has 0 aliphatic carbocycles. The van der Waals surface area contributed by atoms with E-state index in [2.05, 4.69) is 14.8 Å². The minimum atomic E-state index is -4.05. The van der Waals surface area contributed by atoms with E-state index in [-0.39, 0.29) is 27.7 Å². The van der Waals surface area contributed by atoms with Crippen molar-refractivity contribution < 1.29 is 13.5 Å². The fourth-order valence-corrected chi connectivity index (χ4v) is 5.24. The second-order valence-corrected chi connectivity index (χ2v) is 9.16. The predicted octanol–water partition coefficient (Wildman–Crippen LogP) is 3.21. The van der Waals surface area contributed by atoms with Crippen molar-refractivity contribution in [3.8, 4) is 5.75 Å². The first-order chi connectivity index (χ1) is 15.0. The van der Waals surface area contributed by atoms with E-state index >= 15 is 0 Å². The number of aromatic hydroxyl groups is 1. The molecule has 8 nitrogen and oxygen atoms in total. The number of thiophene rings is 1. The predicted molar refractivity (Wildman–Crippen MR) is 121 cm³/mol. The summed E-state index contributed by atoms with van der Waals surface area (Å²) in [5.41, 5.74) is 0.492. The second-order valence-electron chi connectivity index (χ2n) is 6.67. The number of rotatable bonds is 3. The van der Waals surface area contributed by atoms with E-state index in [1.54, 1.807) is 29.6 Å². The van der Waals surface area contributed by atoms with Gasteiger partial charge in [0.25, 0.3) is 15.6 Å². The lowest BCUT2D eigenvalue weighted by atomic mass is 10.2. The standard InChI is InChI=1S/C21H14N4O4S2/c26-18-17(20-23-14-8-4-5-9-16(14)31(28,29)24-20)21(27)25(15-10-11-30-19(15)18)22-12-13-6-2-1-3-7-13/h1-12,26H,(H,23,24)/b22-12+. The summed E-state index contributed by atoms with van der Waals surface area (Å²) in [5.74, 6) is -0.595. The highest BCUT2D eigenvalue weighted by Crippen LogP contribution is 2.34. The van der Waals surface area contributed by atoms with Crippen LogP contribution in [0.2, 0.25) is 0 Å². The molecular weight excluding hydrogens is 436 g/mol. The summed E-state index contributed by atoms with van der Waals surface area (Å²) >= 11 is 1.21. The Morgan fingerprint density at radius 3 is 2.61 bits per heavy atom. The van der Waals surface area contributed by atoms with E-state index in [0.29, 0.717) is 10.2 Å². The van der Waals surface area contributed by atoms with Crippen molar-refractivity contribution in [3.05, 3.63) is 87.5 Å². The van der Waals surface area contributed by atoms with Gasteiger partial charge in [0, 0.05) is 0 Å². The van der Waals surface area contributed by atoms with Crippen LogP contribution in [0.3, 0.4) is 0 Å². The van der Waals surface area contributed by atoms with Gasteiger partial charge in [-0.1, -0.05) is 42.5 Å². The van der Waals surface area contributed by atoms with E-state index in [4.69, 9.17) is 0 Å². The maximum Gasteiger partial charge on any atom is 0.286 e. The van der Waals surface area contributed by atoms with Gasteiger partial charge in [0.2, 0.25) is 0 Å². The zero-order valence-corrected chi connectivity index (χ0v) is 17.4. The van der Waals surface area contributed by atoms with Gasteiger partial charge in [-0.05, 0) is 29.1 Å². The lowest BCUT2D eigenvalue weighted by Gasteiger charge is -2.19. The number of pyridine rings is 1. The largest absolute Gasteiger partial charge is 0.505 e. The minimum Gasteiger partial charge on any atom is -0.505 e. The average molecular weight is 451 g/mol. The van der Waals surface area contributed by atoms with Gasteiger partial charge in [-0.25, -0.2) is 0 Å². The molecule has 5 rings (SSSR count). The molecule has 0 saturated carbocycles. The second kappa shape index (κ2) is 7.18. The third-order valence-corrected chi connectivity index (χ3v) is 6.96. The summed E-state index contributed by atoms with van der Waals surface area (Å²) in [6.45, 7) is 0. The topological polar surface area (TPSA) is 113 Å². The Kier molecular flexibility index (Phi) is 4.45. The van der Waals surface area contributed by atoms with Crippen LogP contribution >= 0.6 is 11.3 Å². The van der Waals surface area contributed by atoms with Crippen molar-refractivity contribution in [2.45, 2.75) is 4.90 Å². The summed E-state index contributed by atoms with van der Waals surface area (Å²) in [4.78, 5) is 13.3. The molecule has 10 heteroatoms. The molecule has 2 aromatic heterocycles. The number of aromatic nitrogens is 1. The maximum absolute atomic E-state index is 13.3. The number of nitrogens with zero attached hydrogens (tertiary/aromatic N) is 3. The third kappa shape index (κ3) is 3.22. The zero-order valence-electron chi connectivity index (χ0n) is 15.8. The van der Waals surface area contributed by atoms with E-state index in [1.807, 2.05) is 30.3 Å². The van der Waals surface area contributed by atoms with E-state index in [9.17, 15) is 18.3 Å². The number of fused-ring (bicyclic) bond motifs is 2. The molecule has 0 bridgehead atoms. The van der Waals surface area contributed by atoms with Crippen molar-refractivity contribution in [2.75, 3.05) is 5.32 Å². The molecular formula is C21H14N4O4S2. The number of nitrogens with one attached hydrogen (secondary N) is 1. The SMILES string of the molecule is O=c1c(C2=NS(=O)(=O)c3ccccc3N2)c(O)c2sccc2n1/N=C/c1ccccc1. The van der Waals surface area contributed by atoms with Gasteiger partial charge in [-0.2, -0.15) is 18.2 Å². The molecule has 0 unspecified atom stereocenters. The summed E-state index contributed by atoms with van der Waals surface area (Å²) in [6, 6.07) is 17.1. The third-order valence-electron chi connectivity index (χ3n) is 4.72. The van der Waals surface area contributed by atoms with Crippen LogP contribution in [0.15, 0.2) is 85.2 Å². The van der Waals surface area contributed by atoms with Crippen LogP contribution in [0.25, 0.3) is 10.2 Å². The van der Waals surface area contributed by atoms with Crippen molar-refractivity contribution in [2.24, 2.45) is 9.50 Å². The number of sulfonamides is 1. The fourth-order valence-electron chi connectivity index (χ4n) is 3.29. The van der Waals surface area contributed by atoms with Crippen LogP contribution in [0.5, 0.6) is 5.75 Å². The lowest BCUT2D eigenvalue weighted by Crippen LogP contribution is -2.31. The molecule has 2 N–H and O–H groups in total. The Bertz CT molecular complexity index is 1550. The Morgan fingerprint density at radius 1 is 1.06 bits per heavy atom. The first-order valence-electron chi connectivity index (χ1n) is 9.12. The van der Waals surface area contributed by atoms with Crippen LogP contribution in [-0.2, 0) is 10.0 Å². The van der Waals surface area contributed by atoms with Gasteiger partial charge in [-0.15, -0.1) is 15.7 Å². The molecule has 2 aromatic carbocycles. The zero-order chi connectivity index (χ0) is 21.6. The first kappa shape index (κ1) is 19.2. The maximum atomic E-state index is 13.3. The van der Waals surface area contributed by atoms with Crippen LogP contribution in [0.4, 0.5) is 5.69 Å². The van der Waals surface area contributed by atoms with E-state index in [1.165, 1.54) is 23.6 Å². The highest BCUT2D eigenvalue weighted by Gasteiger charge is 2.29. The van der Waals surface area contributed by atoms with E-state index < -0.39 is 15.6 Å².